The van der Waals surface area contributed by atoms with E-state index < -0.39 is 17.7 Å². The number of nitrogens with one attached hydrogen (secondary N) is 1. The summed E-state index contributed by atoms with van der Waals surface area (Å²) >= 11 is 4.60. The molecule has 0 fully saturated rings. The first kappa shape index (κ1) is 19.6. The van der Waals surface area contributed by atoms with E-state index in [0.717, 1.165) is 21.4 Å². The topological polar surface area (TPSA) is 89.8 Å². The molecule has 3 unspecified atom stereocenters. The number of anilines is 1. The van der Waals surface area contributed by atoms with Gasteiger partial charge in [-0.15, -0.1) is 0 Å². The van der Waals surface area contributed by atoms with E-state index in [4.69, 9.17) is 9.73 Å². The third-order valence-corrected chi connectivity index (χ3v) is 7.79. The molecule has 0 radical (unpaired) electrons. The van der Waals surface area contributed by atoms with Crippen molar-refractivity contribution in [2.45, 2.75) is 25.6 Å². The molecular weight excluding hydrogens is 494 g/mol. The van der Waals surface area contributed by atoms with Crippen LogP contribution in [0.25, 0.3) is 5.57 Å². The number of para-hydroxylation sites is 1. The summed E-state index contributed by atoms with van der Waals surface area (Å²) in [4.78, 5) is 44.5. The molecule has 1 amide bonds. The Morgan fingerprint density at radius 2 is 2.03 bits per heavy atom. The average Bonchev–Trinajstić information content (AvgIpc) is 3.21. The number of carbonyl (C=O) groups excluding carboxylic acids is 2. The minimum absolute atomic E-state index is 0.110. The van der Waals surface area contributed by atoms with Crippen LogP contribution in [-0.2, 0) is 9.59 Å². The summed E-state index contributed by atoms with van der Waals surface area (Å²) in [6.45, 7) is 3.27. The molecule has 2 aromatic carbocycles. The van der Waals surface area contributed by atoms with Gasteiger partial charge in [-0.2, -0.15) is 0 Å². The molecule has 3 aliphatic heterocycles. The molecule has 0 saturated heterocycles. The average molecular weight is 510 g/mol. The standard InChI is InChI=1S/C23H16BrN3O4S/c1-10(28)17-18-12-5-3-4-6-15(12)31-23(17,2)26-22-27(18)21(30)19(32-22)16-13-9-11(24)7-8-14(13)25-20(16)29/h3-9,17-18H,1-2H3,(H,25,29). The van der Waals surface area contributed by atoms with Crippen molar-refractivity contribution in [3.05, 3.63) is 77.8 Å². The molecule has 3 aromatic rings. The SMILES string of the molecule is CC(=O)C1C2c3ccccc3OC1(C)N=c1sc(=C3C(=O)Nc4ccc(Br)cc43)c(=O)n12. The van der Waals surface area contributed by atoms with E-state index in [9.17, 15) is 14.4 Å². The number of rotatable bonds is 1. The lowest BCUT2D eigenvalue weighted by Crippen LogP contribution is -2.58. The van der Waals surface area contributed by atoms with Gasteiger partial charge in [-0.3, -0.25) is 19.0 Å². The van der Waals surface area contributed by atoms with Gasteiger partial charge in [0, 0.05) is 21.3 Å². The largest absolute Gasteiger partial charge is 0.465 e. The van der Waals surface area contributed by atoms with E-state index >= 15 is 0 Å². The van der Waals surface area contributed by atoms with Crippen molar-refractivity contribution in [3.63, 3.8) is 0 Å². The van der Waals surface area contributed by atoms with Crippen LogP contribution < -0.4 is 24.9 Å². The van der Waals surface area contributed by atoms with Gasteiger partial charge in [0.2, 0.25) is 5.72 Å². The van der Waals surface area contributed by atoms with Gasteiger partial charge in [-0.25, -0.2) is 4.99 Å². The maximum absolute atomic E-state index is 13.8. The highest BCUT2D eigenvalue weighted by Gasteiger charge is 2.53. The molecule has 4 heterocycles. The lowest BCUT2D eigenvalue weighted by Gasteiger charge is -2.45. The highest BCUT2D eigenvalue weighted by atomic mass is 79.9. The number of ether oxygens (including phenoxy) is 1. The molecule has 9 heteroatoms. The van der Waals surface area contributed by atoms with Crippen molar-refractivity contribution in [1.82, 2.24) is 4.57 Å². The number of benzene rings is 2. The van der Waals surface area contributed by atoms with E-state index in [1.54, 1.807) is 17.6 Å². The molecule has 32 heavy (non-hydrogen) atoms. The Kier molecular flexibility index (Phi) is 3.98. The van der Waals surface area contributed by atoms with Crippen molar-refractivity contribution in [2.24, 2.45) is 10.9 Å². The van der Waals surface area contributed by atoms with Gasteiger partial charge < -0.3 is 10.1 Å². The second-order valence-electron chi connectivity index (χ2n) is 8.25. The minimum Gasteiger partial charge on any atom is -0.465 e. The third kappa shape index (κ3) is 2.52. The van der Waals surface area contributed by atoms with Crippen LogP contribution in [0, 0.1) is 5.92 Å². The molecule has 6 rings (SSSR count). The molecule has 7 nitrogen and oxygen atoms in total. The van der Waals surface area contributed by atoms with Crippen molar-refractivity contribution < 1.29 is 14.3 Å². The summed E-state index contributed by atoms with van der Waals surface area (Å²) < 4.78 is 8.87. The highest BCUT2D eigenvalue weighted by Crippen LogP contribution is 2.47. The number of hydrogen-bond donors (Lipinski definition) is 1. The van der Waals surface area contributed by atoms with E-state index in [1.807, 2.05) is 36.4 Å². The van der Waals surface area contributed by atoms with Gasteiger partial charge in [-0.05, 0) is 38.1 Å². The molecule has 0 spiro atoms. The fourth-order valence-electron chi connectivity index (χ4n) is 4.97. The number of hydrogen-bond acceptors (Lipinski definition) is 6. The van der Waals surface area contributed by atoms with Crippen LogP contribution in [0.4, 0.5) is 5.69 Å². The van der Waals surface area contributed by atoms with Crippen LogP contribution in [0.3, 0.4) is 0 Å². The highest BCUT2D eigenvalue weighted by molar-refractivity contribution is 9.10. The zero-order valence-corrected chi connectivity index (χ0v) is 19.4. The summed E-state index contributed by atoms with van der Waals surface area (Å²) in [6, 6.07) is 12.3. The van der Waals surface area contributed by atoms with Crippen molar-refractivity contribution >= 4 is 50.2 Å². The van der Waals surface area contributed by atoms with Crippen molar-refractivity contribution in [1.29, 1.82) is 0 Å². The Labute approximate surface area is 194 Å². The van der Waals surface area contributed by atoms with Gasteiger partial charge in [0.05, 0.1) is 11.6 Å². The molecule has 3 aliphatic rings. The number of nitrogens with zero attached hydrogens (tertiary/aromatic N) is 2. The third-order valence-electron chi connectivity index (χ3n) is 6.25. The number of amides is 1. The van der Waals surface area contributed by atoms with Crippen LogP contribution in [0.15, 0.2) is 56.7 Å². The number of fused-ring (bicyclic) bond motifs is 7. The second kappa shape index (κ2) is 6.49. The Balaban J connectivity index is 1.72. The normalized spacial score (nSPS) is 26.3. The fraction of sp³-hybridized carbons (Fsp3) is 0.217. The monoisotopic (exact) mass is 509 g/mol. The number of Topliss-reactive ketones (excluding diaryl/α,β-unsaturated/α-hetero) is 1. The Hall–Kier alpha value is -3.04. The van der Waals surface area contributed by atoms with E-state index in [-0.39, 0.29) is 17.2 Å². The number of thiazole rings is 1. The lowest BCUT2D eigenvalue weighted by molar-refractivity contribution is -0.132. The van der Waals surface area contributed by atoms with Gasteiger partial charge >= 0.3 is 0 Å². The van der Waals surface area contributed by atoms with Gasteiger partial charge in [-0.1, -0.05) is 45.5 Å². The van der Waals surface area contributed by atoms with Crippen molar-refractivity contribution in [3.8, 4) is 5.75 Å². The predicted molar refractivity (Wildman–Crippen MR) is 122 cm³/mol. The summed E-state index contributed by atoms with van der Waals surface area (Å²) in [5.41, 5.74) is 0.930. The first-order valence-corrected chi connectivity index (χ1v) is 11.6. The summed E-state index contributed by atoms with van der Waals surface area (Å²) in [5, 5.41) is 2.83. The van der Waals surface area contributed by atoms with Crippen LogP contribution in [-0.4, -0.2) is 22.0 Å². The summed E-state index contributed by atoms with van der Waals surface area (Å²) in [6.07, 6.45) is 0. The maximum atomic E-state index is 13.8. The predicted octanol–water partition coefficient (Wildman–Crippen LogP) is 2.36. The number of ketones is 1. The second-order valence-corrected chi connectivity index (χ2v) is 10.1. The Morgan fingerprint density at radius 1 is 1.25 bits per heavy atom. The van der Waals surface area contributed by atoms with E-state index in [2.05, 4.69) is 21.2 Å². The quantitative estimate of drug-likeness (QED) is 0.545. The van der Waals surface area contributed by atoms with E-state index in [0.29, 0.717) is 31.9 Å². The molecule has 2 bridgehead atoms. The zero-order valence-electron chi connectivity index (χ0n) is 17.0. The Bertz CT molecular complexity index is 1560. The summed E-state index contributed by atoms with van der Waals surface area (Å²) in [5.74, 6) is -0.495. The Morgan fingerprint density at radius 3 is 2.81 bits per heavy atom. The van der Waals surface area contributed by atoms with Crippen LogP contribution in [0.2, 0.25) is 0 Å². The molecule has 1 N–H and O–H groups in total. The lowest BCUT2D eigenvalue weighted by atomic mass is 9.79. The fourth-order valence-corrected chi connectivity index (χ4v) is 6.53. The summed E-state index contributed by atoms with van der Waals surface area (Å²) in [7, 11) is 0. The maximum Gasteiger partial charge on any atom is 0.271 e. The first-order chi connectivity index (χ1) is 15.3. The first-order valence-electron chi connectivity index (χ1n) is 10.0. The smallest absolute Gasteiger partial charge is 0.271 e. The van der Waals surface area contributed by atoms with Crippen LogP contribution in [0.5, 0.6) is 5.75 Å². The molecule has 1 aromatic heterocycles. The molecule has 0 saturated carbocycles. The molecular formula is C23H16BrN3O4S. The minimum atomic E-state index is -1.14. The van der Waals surface area contributed by atoms with Gasteiger partial charge in [0.15, 0.2) is 4.80 Å². The van der Waals surface area contributed by atoms with Crippen LogP contribution >= 0.6 is 27.3 Å². The zero-order chi connectivity index (χ0) is 22.4. The molecule has 3 atom stereocenters. The van der Waals surface area contributed by atoms with Crippen molar-refractivity contribution in [2.75, 3.05) is 5.32 Å². The van der Waals surface area contributed by atoms with Gasteiger partial charge in [0.1, 0.15) is 22.0 Å². The molecule has 160 valence electrons. The molecule has 0 aliphatic carbocycles. The number of carbonyl (C=O) groups is 2. The van der Waals surface area contributed by atoms with Crippen LogP contribution in [0.1, 0.15) is 31.0 Å². The number of halogens is 1. The number of aromatic nitrogens is 1. The van der Waals surface area contributed by atoms with E-state index in [1.165, 1.54) is 6.92 Å². The van der Waals surface area contributed by atoms with Gasteiger partial charge in [0.25, 0.3) is 11.5 Å².